The number of aliphatic hydroxyl groups is 5. The smallest absolute Gasteiger partial charge is 0.462 e. The molecule has 1 fully saturated rings. The molecule has 0 saturated heterocycles. The number of carbonyl (C=O) groups excluding carboxylic acids is 2. The normalized spacial score (nSPS) is 21.6. The average molecular weight is 923 g/mol. The summed E-state index contributed by atoms with van der Waals surface area (Å²) in [7, 11) is -5.07. The summed E-state index contributed by atoms with van der Waals surface area (Å²) in [5.74, 6) is -1.28. The first-order valence-electron chi connectivity index (χ1n) is 25.8. The fourth-order valence-electron chi connectivity index (χ4n) is 8.47. The van der Waals surface area contributed by atoms with Gasteiger partial charge in [0.15, 0.2) is 6.10 Å². The first-order chi connectivity index (χ1) is 30.4. The van der Waals surface area contributed by atoms with Crippen molar-refractivity contribution >= 4 is 19.8 Å². The van der Waals surface area contributed by atoms with Crippen molar-refractivity contribution in [2.24, 2.45) is 0 Å². The summed E-state index contributed by atoms with van der Waals surface area (Å²) in [4.78, 5) is 33.9. The van der Waals surface area contributed by atoms with E-state index in [4.69, 9.17) is 18.5 Å². The van der Waals surface area contributed by atoms with E-state index in [2.05, 4.69) is 6.92 Å². The molecule has 374 valence electrons. The van der Waals surface area contributed by atoms with E-state index >= 15 is 0 Å². The Morgan fingerprint density at radius 2 is 0.746 bits per heavy atom. The summed E-state index contributed by atoms with van der Waals surface area (Å²) >= 11 is 0. The van der Waals surface area contributed by atoms with Gasteiger partial charge in [-0.25, -0.2) is 4.57 Å². The van der Waals surface area contributed by atoms with Crippen LogP contribution in [0, 0.1) is 0 Å². The van der Waals surface area contributed by atoms with E-state index in [0.717, 1.165) is 26.2 Å². The molecule has 1 saturated carbocycles. The van der Waals surface area contributed by atoms with Gasteiger partial charge in [0.25, 0.3) is 0 Å². The zero-order chi connectivity index (χ0) is 46.4. The second kappa shape index (κ2) is 40.0. The fraction of sp³-hybridized carbons (Fsp3) is 0.959. The van der Waals surface area contributed by atoms with E-state index < -0.39 is 75.7 Å². The zero-order valence-electron chi connectivity index (χ0n) is 39.9. The lowest BCUT2D eigenvalue weighted by Crippen LogP contribution is -2.64. The lowest BCUT2D eigenvalue weighted by molar-refractivity contribution is -0.220. The Labute approximate surface area is 382 Å². The van der Waals surface area contributed by atoms with Crippen molar-refractivity contribution in [1.82, 2.24) is 0 Å². The van der Waals surface area contributed by atoms with Crippen molar-refractivity contribution in [2.45, 2.75) is 288 Å². The van der Waals surface area contributed by atoms with Crippen molar-refractivity contribution in [3.8, 4) is 0 Å². The Balaban J connectivity index is 1.88. The average Bonchev–Trinajstić information content (AvgIpc) is 3.26. The van der Waals surface area contributed by atoms with Crippen LogP contribution in [0.5, 0.6) is 0 Å². The number of hydrogen-bond donors (Lipinski definition) is 6. The third-order valence-corrected chi connectivity index (χ3v) is 13.5. The molecule has 1 aliphatic carbocycles. The highest BCUT2D eigenvalue weighted by Crippen LogP contribution is 2.47. The van der Waals surface area contributed by atoms with E-state index in [9.17, 15) is 44.6 Å². The van der Waals surface area contributed by atoms with Gasteiger partial charge >= 0.3 is 19.8 Å². The number of phosphoric ester groups is 1. The summed E-state index contributed by atoms with van der Waals surface area (Å²) in [6.45, 7) is 2.20. The van der Waals surface area contributed by atoms with Crippen LogP contribution in [0.25, 0.3) is 0 Å². The zero-order valence-corrected chi connectivity index (χ0v) is 40.8. The van der Waals surface area contributed by atoms with Crippen LogP contribution < -0.4 is 0 Å². The molecule has 6 N–H and O–H groups in total. The van der Waals surface area contributed by atoms with E-state index in [1.54, 1.807) is 0 Å². The second-order valence-corrected chi connectivity index (χ2v) is 19.9. The fourth-order valence-corrected chi connectivity index (χ4v) is 9.44. The summed E-state index contributed by atoms with van der Waals surface area (Å²) < 4.78 is 32.2. The Hall–Kier alpha value is -1.15. The third kappa shape index (κ3) is 33.1. The van der Waals surface area contributed by atoms with Gasteiger partial charge in [0, 0.05) is 13.3 Å². The predicted molar refractivity (Wildman–Crippen MR) is 249 cm³/mol. The predicted octanol–water partition coefficient (Wildman–Crippen LogP) is 10.8. The Bertz CT molecular complexity index is 1110. The highest BCUT2D eigenvalue weighted by Gasteiger charge is 2.51. The van der Waals surface area contributed by atoms with Crippen LogP contribution in [0.4, 0.5) is 0 Å². The first-order valence-corrected chi connectivity index (χ1v) is 27.3. The van der Waals surface area contributed by atoms with Crippen LogP contribution in [-0.4, -0.2) is 98.3 Å². The third-order valence-electron chi connectivity index (χ3n) is 12.5. The highest BCUT2D eigenvalue weighted by atomic mass is 31.2. The maximum absolute atomic E-state index is 12.5. The summed E-state index contributed by atoms with van der Waals surface area (Å²) in [6, 6.07) is 0. The SMILES string of the molecule is CCCCCCCCCCCCCCCCCCCCCCCCCCCCCCCCCCCCCC(=O)OC[C@H](COP(=O)(O)OC1C(O)C(O)C(O)[C@@H](O)C1O)OC(C)=O. The van der Waals surface area contributed by atoms with Gasteiger partial charge in [0.2, 0.25) is 0 Å². The van der Waals surface area contributed by atoms with Gasteiger partial charge in [-0.15, -0.1) is 0 Å². The summed E-state index contributed by atoms with van der Waals surface area (Å²) in [5.41, 5.74) is 0. The van der Waals surface area contributed by atoms with Crippen molar-refractivity contribution in [3.05, 3.63) is 0 Å². The topological polar surface area (TPSA) is 210 Å². The van der Waals surface area contributed by atoms with Crippen molar-refractivity contribution in [2.75, 3.05) is 13.2 Å². The van der Waals surface area contributed by atoms with Gasteiger partial charge in [0.05, 0.1) is 6.61 Å². The molecule has 0 radical (unpaired) electrons. The number of phosphoric acid groups is 1. The Morgan fingerprint density at radius 1 is 0.460 bits per heavy atom. The minimum Gasteiger partial charge on any atom is -0.462 e. The Kier molecular flexibility index (Phi) is 38.0. The molecule has 0 aromatic carbocycles. The number of carbonyl (C=O) groups is 2. The largest absolute Gasteiger partial charge is 0.472 e. The molecule has 8 atom stereocenters. The lowest BCUT2D eigenvalue weighted by atomic mass is 9.85. The molecular formula is C49H95O13P. The molecule has 0 spiro atoms. The number of aliphatic hydroxyl groups excluding tert-OH is 5. The molecule has 6 unspecified atom stereocenters. The van der Waals surface area contributed by atoms with Crippen LogP contribution in [0.3, 0.4) is 0 Å². The minimum atomic E-state index is -5.07. The van der Waals surface area contributed by atoms with Gasteiger partial charge in [-0.05, 0) is 6.42 Å². The van der Waals surface area contributed by atoms with Crippen LogP contribution in [-0.2, 0) is 32.7 Å². The van der Waals surface area contributed by atoms with E-state index in [-0.39, 0.29) is 6.42 Å². The Morgan fingerprint density at radius 3 is 1.05 bits per heavy atom. The maximum atomic E-state index is 12.5. The molecular weight excluding hydrogens is 828 g/mol. The van der Waals surface area contributed by atoms with Crippen LogP contribution in [0.1, 0.15) is 245 Å². The molecule has 1 rings (SSSR count). The summed E-state index contributed by atoms with van der Waals surface area (Å²) in [6.07, 6.45) is 34.1. The number of unbranched alkanes of at least 4 members (excludes halogenated alkanes) is 34. The molecule has 0 bridgehead atoms. The van der Waals surface area contributed by atoms with Gasteiger partial charge in [-0.3, -0.25) is 18.6 Å². The van der Waals surface area contributed by atoms with E-state index in [1.807, 2.05) is 0 Å². The molecule has 1 aliphatic rings. The van der Waals surface area contributed by atoms with Crippen molar-refractivity contribution in [1.29, 1.82) is 0 Å². The van der Waals surface area contributed by atoms with Crippen LogP contribution >= 0.6 is 7.82 Å². The standard InChI is InChI=1S/C49H95O13P/c1-3-4-5-6-7-8-9-10-11-12-13-14-15-16-17-18-19-20-21-22-23-24-25-26-27-28-29-30-31-32-33-34-35-36-37-38-43(51)59-39-42(61-41(2)50)40-60-63(57,58)62-49-47(55)45(53)44(52)46(54)48(49)56/h42,44-49,52-56H,3-40H2,1-2H3,(H,57,58)/t42-,44?,45-,46?,47?,48?,49?/m1/s1. The quantitative estimate of drug-likeness (QED) is 0.0191. The van der Waals surface area contributed by atoms with Crippen molar-refractivity contribution < 1.29 is 63.1 Å². The maximum Gasteiger partial charge on any atom is 0.472 e. The van der Waals surface area contributed by atoms with Gasteiger partial charge in [-0.2, -0.15) is 0 Å². The molecule has 63 heavy (non-hydrogen) atoms. The number of ether oxygens (including phenoxy) is 2. The first kappa shape index (κ1) is 59.9. The van der Waals surface area contributed by atoms with Crippen molar-refractivity contribution in [3.63, 3.8) is 0 Å². The number of hydrogen-bond acceptors (Lipinski definition) is 12. The number of rotatable bonds is 44. The monoisotopic (exact) mass is 923 g/mol. The van der Waals surface area contributed by atoms with E-state index in [0.29, 0.717) is 6.42 Å². The van der Waals surface area contributed by atoms with E-state index in [1.165, 1.54) is 199 Å². The molecule has 0 amide bonds. The molecule has 13 nitrogen and oxygen atoms in total. The minimum absolute atomic E-state index is 0.169. The molecule has 0 heterocycles. The lowest BCUT2D eigenvalue weighted by Gasteiger charge is -2.41. The van der Waals surface area contributed by atoms with Crippen LogP contribution in [0.2, 0.25) is 0 Å². The van der Waals surface area contributed by atoms with Gasteiger partial charge in [0.1, 0.15) is 43.2 Å². The van der Waals surface area contributed by atoms with Crippen LogP contribution in [0.15, 0.2) is 0 Å². The molecule has 0 aromatic heterocycles. The van der Waals surface area contributed by atoms with Gasteiger partial charge in [-0.1, -0.05) is 225 Å². The number of esters is 2. The summed E-state index contributed by atoms with van der Waals surface area (Å²) in [5, 5.41) is 49.4. The second-order valence-electron chi connectivity index (χ2n) is 18.5. The molecule has 14 heteroatoms. The molecule has 0 aliphatic heterocycles. The molecule has 0 aromatic rings. The van der Waals surface area contributed by atoms with Gasteiger partial charge < -0.3 is 39.9 Å². The highest BCUT2D eigenvalue weighted by molar-refractivity contribution is 7.47.